The molecule has 1 aromatic heterocycles. The largest absolute Gasteiger partial charge is 0.457 e. The molecule has 1 heterocycles. The van der Waals surface area contributed by atoms with Crippen LogP contribution < -0.4 is 5.63 Å². The van der Waals surface area contributed by atoms with Gasteiger partial charge in [0, 0.05) is 22.0 Å². The summed E-state index contributed by atoms with van der Waals surface area (Å²) in [5.41, 5.74) is 2.12. The number of ether oxygens (including phenoxy) is 1. The maximum absolute atomic E-state index is 12.1. The van der Waals surface area contributed by atoms with E-state index in [0.717, 1.165) is 17.4 Å². The standard InChI is InChI=1S/C19H15ClO4/c1-2-12-3-8-16-14(10-18(21)24-17(16)9-12)11-23-19(22)13-4-6-15(20)7-5-13/h3-10H,2,11H2,1H3. The summed E-state index contributed by atoms with van der Waals surface area (Å²) in [6.07, 6.45) is 0.843. The second-order valence-electron chi connectivity index (χ2n) is 5.36. The zero-order chi connectivity index (χ0) is 17.1. The minimum atomic E-state index is -0.474. The number of rotatable bonds is 4. The Kier molecular flexibility index (Phi) is 4.67. The molecule has 5 heteroatoms. The van der Waals surface area contributed by atoms with E-state index in [9.17, 15) is 9.59 Å². The molecular weight excluding hydrogens is 328 g/mol. The van der Waals surface area contributed by atoms with Crippen molar-refractivity contribution in [2.24, 2.45) is 0 Å². The average Bonchev–Trinajstić information content (AvgIpc) is 2.59. The summed E-state index contributed by atoms with van der Waals surface area (Å²) in [5, 5.41) is 1.31. The Balaban J connectivity index is 1.85. The molecule has 0 amide bonds. The third kappa shape index (κ3) is 3.49. The molecule has 0 bridgehead atoms. The highest BCUT2D eigenvalue weighted by Gasteiger charge is 2.11. The summed E-state index contributed by atoms with van der Waals surface area (Å²) < 4.78 is 10.5. The summed E-state index contributed by atoms with van der Waals surface area (Å²) in [5.74, 6) is -0.474. The lowest BCUT2D eigenvalue weighted by molar-refractivity contribution is 0.0474. The van der Waals surface area contributed by atoms with Gasteiger partial charge in [0.15, 0.2) is 0 Å². The van der Waals surface area contributed by atoms with Crippen LogP contribution in [-0.4, -0.2) is 5.97 Å². The lowest BCUT2D eigenvalue weighted by atomic mass is 10.1. The first kappa shape index (κ1) is 16.3. The van der Waals surface area contributed by atoms with Gasteiger partial charge in [0.25, 0.3) is 0 Å². The number of fused-ring (bicyclic) bond motifs is 1. The summed E-state index contributed by atoms with van der Waals surface area (Å²) in [7, 11) is 0. The van der Waals surface area contributed by atoms with Gasteiger partial charge in [-0.1, -0.05) is 30.7 Å². The first-order valence-electron chi connectivity index (χ1n) is 7.55. The van der Waals surface area contributed by atoms with Crippen LogP contribution in [0.25, 0.3) is 11.0 Å². The SMILES string of the molecule is CCc1ccc2c(COC(=O)c3ccc(Cl)cc3)cc(=O)oc2c1. The molecule has 0 aliphatic rings. The molecule has 0 saturated carbocycles. The van der Waals surface area contributed by atoms with Crippen LogP contribution in [0.1, 0.15) is 28.4 Å². The molecule has 0 aliphatic heterocycles. The molecule has 0 spiro atoms. The Hall–Kier alpha value is -2.59. The van der Waals surface area contributed by atoms with Crippen molar-refractivity contribution < 1.29 is 13.9 Å². The summed E-state index contributed by atoms with van der Waals surface area (Å²) in [4.78, 5) is 23.8. The number of carbonyl (C=O) groups excluding carboxylic acids is 1. The predicted octanol–water partition coefficient (Wildman–Crippen LogP) is 4.37. The van der Waals surface area contributed by atoms with Gasteiger partial charge in [-0.2, -0.15) is 0 Å². The molecule has 4 nitrogen and oxygen atoms in total. The Morgan fingerprint density at radius 3 is 2.58 bits per heavy atom. The first-order valence-corrected chi connectivity index (χ1v) is 7.93. The van der Waals surface area contributed by atoms with E-state index >= 15 is 0 Å². The van der Waals surface area contributed by atoms with Crippen LogP contribution >= 0.6 is 11.6 Å². The zero-order valence-electron chi connectivity index (χ0n) is 13.0. The second-order valence-corrected chi connectivity index (χ2v) is 5.79. The molecule has 0 N–H and O–H groups in total. The number of hydrogen-bond donors (Lipinski definition) is 0. The van der Waals surface area contributed by atoms with Crippen molar-refractivity contribution in [3.63, 3.8) is 0 Å². The Labute approximate surface area is 143 Å². The molecule has 3 rings (SSSR count). The van der Waals surface area contributed by atoms with Gasteiger partial charge < -0.3 is 9.15 Å². The van der Waals surface area contributed by atoms with Gasteiger partial charge in [0.2, 0.25) is 0 Å². The van der Waals surface area contributed by atoms with Crippen molar-refractivity contribution in [1.29, 1.82) is 0 Å². The van der Waals surface area contributed by atoms with E-state index in [2.05, 4.69) is 0 Å². The second kappa shape index (κ2) is 6.89. The van der Waals surface area contributed by atoms with E-state index < -0.39 is 11.6 Å². The van der Waals surface area contributed by atoms with Crippen molar-refractivity contribution in [3.8, 4) is 0 Å². The molecule has 24 heavy (non-hydrogen) atoms. The molecule has 0 atom stereocenters. The van der Waals surface area contributed by atoms with Crippen molar-refractivity contribution in [3.05, 3.63) is 80.7 Å². The maximum Gasteiger partial charge on any atom is 0.338 e. The Bertz CT molecular complexity index is 942. The van der Waals surface area contributed by atoms with E-state index in [1.165, 1.54) is 6.07 Å². The first-order chi connectivity index (χ1) is 11.6. The third-order valence-electron chi connectivity index (χ3n) is 3.74. The molecule has 0 aliphatic carbocycles. The van der Waals surface area contributed by atoms with Crippen molar-refractivity contribution in [2.45, 2.75) is 20.0 Å². The van der Waals surface area contributed by atoms with Crippen LogP contribution in [0.15, 0.2) is 57.7 Å². The van der Waals surface area contributed by atoms with Crippen LogP contribution in [0, 0.1) is 0 Å². The maximum atomic E-state index is 12.1. The number of aryl methyl sites for hydroxylation is 1. The minimum absolute atomic E-state index is 0.00493. The van der Waals surface area contributed by atoms with Crippen LogP contribution in [0.4, 0.5) is 0 Å². The molecule has 122 valence electrons. The van der Waals surface area contributed by atoms with Crippen molar-refractivity contribution in [1.82, 2.24) is 0 Å². The molecule has 2 aromatic carbocycles. The van der Waals surface area contributed by atoms with E-state index in [1.807, 2.05) is 25.1 Å². The highest BCUT2D eigenvalue weighted by molar-refractivity contribution is 6.30. The zero-order valence-corrected chi connectivity index (χ0v) is 13.8. The molecular formula is C19H15ClO4. The molecule has 0 saturated heterocycles. The average molecular weight is 343 g/mol. The van der Waals surface area contributed by atoms with E-state index in [-0.39, 0.29) is 6.61 Å². The summed E-state index contributed by atoms with van der Waals surface area (Å²) >= 11 is 5.80. The molecule has 0 fully saturated rings. The molecule has 0 radical (unpaired) electrons. The lowest BCUT2D eigenvalue weighted by Gasteiger charge is -2.08. The van der Waals surface area contributed by atoms with Gasteiger partial charge >= 0.3 is 11.6 Å². The normalized spacial score (nSPS) is 10.8. The number of benzene rings is 2. The van der Waals surface area contributed by atoms with Crippen LogP contribution in [0.3, 0.4) is 0 Å². The van der Waals surface area contributed by atoms with Crippen molar-refractivity contribution in [2.75, 3.05) is 0 Å². The third-order valence-corrected chi connectivity index (χ3v) is 3.99. The van der Waals surface area contributed by atoms with Gasteiger partial charge in [-0.3, -0.25) is 0 Å². The lowest BCUT2D eigenvalue weighted by Crippen LogP contribution is -2.08. The Morgan fingerprint density at radius 2 is 1.88 bits per heavy atom. The molecule has 0 unspecified atom stereocenters. The number of esters is 1. The van der Waals surface area contributed by atoms with Crippen LogP contribution in [0.5, 0.6) is 0 Å². The van der Waals surface area contributed by atoms with E-state index in [1.54, 1.807) is 24.3 Å². The van der Waals surface area contributed by atoms with Crippen molar-refractivity contribution >= 4 is 28.5 Å². The monoisotopic (exact) mass is 342 g/mol. The van der Waals surface area contributed by atoms with E-state index in [0.29, 0.717) is 21.7 Å². The van der Waals surface area contributed by atoms with Crippen LogP contribution in [0.2, 0.25) is 5.02 Å². The van der Waals surface area contributed by atoms with E-state index in [4.69, 9.17) is 20.8 Å². The molecule has 3 aromatic rings. The van der Waals surface area contributed by atoms with Crippen LogP contribution in [-0.2, 0) is 17.8 Å². The smallest absolute Gasteiger partial charge is 0.338 e. The summed E-state index contributed by atoms with van der Waals surface area (Å²) in [6.45, 7) is 2.02. The number of hydrogen-bond acceptors (Lipinski definition) is 4. The number of halogens is 1. The highest BCUT2D eigenvalue weighted by Crippen LogP contribution is 2.20. The highest BCUT2D eigenvalue weighted by atomic mass is 35.5. The van der Waals surface area contributed by atoms with Gasteiger partial charge in [0.05, 0.1) is 5.56 Å². The minimum Gasteiger partial charge on any atom is -0.457 e. The summed E-state index contributed by atoms with van der Waals surface area (Å²) in [6, 6.07) is 13.5. The van der Waals surface area contributed by atoms with Gasteiger partial charge in [-0.15, -0.1) is 0 Å². The van der Waals surface area contributed by atoms with Gasteiger partial charge in [-0.25, -0.2) is 9.59 Å². The Morgan fingerprint density at radius 1 is 1.12 bits per heavy atom. The van der Waals surface area contributed by atoms with Gasteiger partial charge in [0.1, 0.15) is 12.2 Å². The topological polar surface area (TPSA) is 56.5 Å². The fourth-order valence-electron chi connectivity index (χ4n) is 2.43. The number of carbonyl (C=O) groups is 1. The predicted molar refractivity (Wildman–Crippen MR) is 92.4 cm³/mol. The fraction of sp³-hybridized carbons (Fsp3) is 0.158. The fourth-order valence-corrected chi connectivity index (χ4v) is 2.55. The quantitative estimate of drug-likeness (QED) is 0.522. The van der Waals surface area contributed by atoms with Gasteiger partial charge in [-0.05, 0) is 42.3 Å².